The Kier molecular flexibility index (Phi) is 11.0. The molecule has 1 aliphatic rings. The van der Waals surface area contributed by atoms with E-state index in [0.717, 1.165) is 0 Å². The van der Waals surface area contributed by atoms with Crippen molar-refractivity contribution in [2.45, 2.75) is 12.6 Å². The molecule has 14 heteroatoms. The molecule has 9 nitrogen and oxygen atoms in total. The van der Waals surface area contributed by atoms with Crippen LogP contribution in [0.2, 0.25) is 0 Å². The monoisotopic (exact) mass is 484 g/mol. The van der Waals surface area contributed by atoms with Crippen molar-refractivity contribution in [2.75, 3.05) is 36.1 Å². The first-order valence-corrected chi connectivity index (χ1v) is 11.1. The van der Waals surface area contributed by atoms with Crippen molar-refractivity contribution < 1.29 is 47.3 Å². The number of amides is 2. The first-order valence-electron chi connectivity index (χ1n) is 8.57. The average molecular weight is 484 g/mol. The molecule has 0 radical (unpaired) electrons. The van der Waals surface area contributed by atoms with Gasteiger partial charge in [0.1, 0.15) is 12.3 Å². The summed E-state index contributed by atoms with van der Waals surface area (Å²) in [6, 6.07) is 7.11. The van der Waals surface area contributed by atoms with Crippen LogP contribution in [0.15, 0.2) is 24.3 Å². The van der Waals surface area contributed by atoms with Crippen molar-refractivity contribution in [3.05, 3.63) is 24.3 Å². The van der Waals surface area contributed by atoms with Crippen molar-refractivity contribution in [3.8, 4) is 5.75 Å². The van der Waals surface area contributed by atoms with Gasteiger partial charge in [-0.2, -0.15) is 13.2 Å². The van der Waals surface area contributed by atoms with Crippen LogP contribution in [0.5, 0.6) is 5.75 Å². The van der Waals surface area contributed by atoms with Crippen LogP contribution in [0.3, 0.4) is 0 Å². The summed E-state index contributed by atoms with van der Waals surface area (Å²) >= 11 is 0. The van der Waals surface area contributed by atoms with Gasteiger partial charge < -0.3 is 20.3 Å². The molecule has 31 heavy (non-hydrogen) atoms. The molecule has 2 amide bonds. The van der Waals surface area contributed by atoms with Gasteiger partial charge in [-0.1, -0.05) is 33.7 Å². The van der Waals surface area contributed by atoms with Gasteiger partial charge in [0.25, 0.3) is 5.91 Å². The second kappa shape index (κ2) is 12.9. The number of fused-ring (bicyclic) bond motifs is 1. The Morgan fingerprint density at radius 3 is 2.35 bits per heavy atom. The molecule has 3 N–H and O–H groups in total. The van der Waals surface area contributed by atoms with Crippen molar-refractivity contribution in [1.82, 2.24) is 5.32 Å². The number of hydrogen-bond acceptors (Lipinski definition) is 7. The Labute approximate surface area is 182 Å². The predicted octanol–water partition coefficient (Wildman–Crippen LogP) is 2.02. The van der Waals surface area contributed by atoms with Crippen LogP contribution in [0.1, 0.15) is 6.42 Å². The van der Waals surface area contributed by atoms with E-state index in [1.54, 1.807) is 18.2 Å². The minimum Gasteiger partial charge on any atom is -0.482 e. The SMILES string of the molecule is O=C(O)C(F)(F)F.O=C(O)CCSSCCNC(=O)CN1C(=O)COc2ccccc21. The lowest BCUT2D eigenvalue weighted by atomic mass is 10.2. The summed E-state index contributed by atoms with van der Waals surface area (Å²) in [4.78, 5) is 44.6. The van der Waals surface area contributed by atoms with Crippen LogP contribution in [0.4, 0.5) is 18.9 Å². The van der Waals surface area contributed by atoms with Crippen LogP contribution in [0.25, 0.3) is 0 Å². The molecule has 172 valence electrons. The number of alkyl halides is 3. The fourth-order valence-corrected chi connectivity index (χ4v) is 3.89. The van der Waals surface area contributed by atoms with Crippen LogP contribution in [-0.4, -0.2) is 71.3 Å². The zero-order chi connectivity index (χ0) is 23.4. The van der Waals surface area contributed by atoms with Crippen LogP contribution >= 0.6 is 21.6 Å². The fourth-order valence-electron chi connectivity index (χ4n) is 2.01. The minimum absolute atomic E-state index is 0.0456. The van der Waals surface area contributed by atoms with Gasteiger partial charge in [0, 0.05) is 18.1 Å². The molecular formula is C17H19F3N2O7S2. The number of ether oxygens (including phenoxy) is 1. The number of nitrogens with one attached hydrogen (secondary N) is 1. The van der Waals surface area contributed by atoms with E-state index in [4.69, 9.17) is 19.7 Å². The Bertz CT molecular complexity index is 793. The molecule has 0 saturated carbocycles. The number of anilines is 1. The Morgan fingerprint density at radius 2 is 1.74 bits per heavy atom. The fraction of sp³-hybridized carbons (Fsp3) is 0.412. The zero-order valence-electron chi connectivity index (χ0n) is 15.9. The number of carbonyl (C=O) groups is 4. The van der Waals surface area contributed by atoms with Gasteiger partial charge in [-0.3, -0.25) is 19.3 Å². The third kappa shape index (κ3) is 10.3. The van der Waals surface area contributed by atoms with Gasteiger partial charge in [0.05, 0.1) is 12.1 Å². The Balaban J connectivity index is 0.000000592. The molecule has 0 unspecified atom stereocenters. The van der Waals surface area contributed by atoms with Crippen molar-refractivity contribution in [3.63, 3.8) is 0 Å². The molecular weight excluding hydrogens is 465 g/mol. The first-order chi connectivity index (χ1) is 14.5. The number of rotatable bonds is 9. The van der Waals surface area contributed by atoms with E-state index in [-0.39, 0.29) is 31.4 Å². The second-order valence-electron chi connectivity index (χ2n) is 5.68. The van der Waals surface area contributed by atoms with Gasteiger partial charge in [-0.05, 0) is 12.1 Å². The summed E-state index contributed by atoms with van der Waals surface area (Å²) in [5.74, 6) is -2.26. The summed E-state index contributed by atoms with van der Waals surface area (Å²) in [6.45, 7) is 0.347. The lowest BCUT2D eigenvalue weighted by Crippen LogP contribution is -2.45. The molecule has 0 bridgehead atoms. The molecule has 1 aliphatic heterocycles. The van der Waals surface area contributed by atoms with Crippen molar-refractivity contribution in [1.29, 1.82) is 0 Å². The molecule has 0 aliphatic carbocycles. The van der Waals surface area contributed by atoms with Gasteiger partial charge in [-0.25, -0.2) is 4.79 Å². The number of carbonyl (C=O) groups excluding carboxylic acids is 2. The highest BCUT2D eigenvalue weighted by atomic mass is 33.1. The molecule has 0 spiro atoms. The lowest BCUT2D eigenvalue weighted by molar-refractivity contribution is -0.192. The number of hydrogen-bond donors (Lipinski definition) is 3. The normalized spacial score (nSPS) is 12.7. The highest BCUT2D eigenvalue weighted by molar-refractivity contribution is 8.76. The Morgan fingerprint density at radius 1 is 1.13 bits per heavy atom. The molecule has 0 atom stereocenters. The highest BCUT2D eigenvalue weighted by Gasteiger charge is 2.38. The molecule has 2 rings (SSSR count). The third-order valence-corrected chi connectivity index (χ3v) is 5.75. The van der Waals surface area contributed by atoms with E-state index < -0.39 is 18.1 Å². The standard InChI is InChI=1S/C15H18N2O5S2.C2HF3O2/c18-13(16-6-8-24-23-7-5-15(20)21)9-17-11-3-1-2-4-12(11)22-10-14(17)19;3-2(4,5)1(6)7/h1-4H,5-10H2,(H,16,18)(H,20,21);(H,6,7). The quantitative estimate of drug-likeness (QED) is 0.356. The summed E-state index contributed by atoms with van der Waals surface area (Å²) < 4.78 is 37.1. The Hall–Kier alpha value is -2.61. The van der Waals surface area contributed by atoms with E-state index in [0.29, 0.717) is 29.5 Å². The molecule has 1 aromatic rings. The topological polar surface area (TPSA) is 133 Å². The number of aliphatic carboxylic acids is 2. The van der Waals surface area contributed by atoms with Crippen molar-refractivity contribution >= 4 is 51.0 Å². The number of nitrogens with zero attached hydrogens (tertiary/aromatic N) is 1. The smallest absolute Gasteiger partial charge is 0.482 e. The third-order valence-electron chi connectivity index (χ3n) is 3.34. The summed E-state index contributed by atoms with van der Waals surface area (Å²) in [5.41, 5.74) is 0.600. The number of carboxylic acid groups (broad SMARTS) is 2. The van der Waals surface area contributed by atoms with Gasteiger partial charge in [0.2, 0.25) is 5.91 Å². The predicted molar refractivity (Wildman–Crippen MR) is 108 cm³/mol. The van der Waals surface area contributed by atoms with Gasteiger partial charge in [-0.15, -0.1) is 0 Å². The van der Waals surface area contributed by atoms with E-state index in [2.05, 4.69) is 5.32 Å². The minimum atomic E-state index is -5.08. The van der Waals surface area contributed by atoms with Crippen LogP contribution < -0.4 is 15.0 Å². The first kappa shape index (κ1) is 26.4. The van der Waals surface area contributed by atoms with Gasteiger partial charge >= 0.3 is 18.1 Å². The maximum Gasteiger partial charge on any atom is 0.490 e. The molecule has 1 aromatic carbocycles. The summed E-state index contributed by atoms with van der Waals surface area (Å²) in [7, 11) is 2.97. The van der Waals surface area contributed by atoms with E-state index in [1.165, 1.54) is 26.5 Å². The number of benzene rings is 1. The highest BCUT2D eigenvalue weighted by Crippen LogP contribution is 2.31. The molecule has 0 fully saturated rings. The number of para-hydroxylation sites is 2. The number of halogens is 3. The zero-order valence-corrected chi connectivity index (χ0v) is 17.5. The van der Waals surface area contributed by atoms with Crippen LogP contribution in [-0.2, 0) is 19.2 Å². The van der Waals surface area contributed by atoms with Gasteiger partial charge in [0.15, 0.2) is 6.61 Å². The summed E-state index contributed by atoms with van der Waals surface area (Å²) in [5, 5.41) is 18.4. The largest absolute Gasteiger partial charge is 0.490 e. The maximum atomic E-state index is 12.0. The second-order valence-corrected chi connectivity index (χ2v) is 8.38. The van der Waals surface area contributed by atoms with E-state index in [9.17, 15) is 27.6 Å². The van der Waals surface area contributed by atoms with Crippen LogP contribution in [0, 0.1) is 0 Å². The number of carboxylic acids is 2. The molecule has 0 aromatic heterocycles. The summed E-state index contributed by atoms with van der Waals surface area (Å²) in [6.07, 6.45) is -4.96. The van der Waals surface area contributed by atoms with Crippen molar-refractivity contribution in [2.24, 2.45) is 0 Å². The van der Waals surface area contributed by atoms with E-state index in [1.807, 2.05) is 6.07 Å². The lowest BCUT2D eigenvalue weighted by Gasteiger charge is -2.28. The maximum absolute atomic E-state index is 12.0. The van der Waals surface area contributed by atoms with E-state index >= 15 is 0 Å². The molecule has 1 heterocycles. The molecule has 0 saturated heterocycles. The average Bonchev–Trinajstić information content (AvgIpc) is 2.69.